The molecule has 0 fully saturated rings. The zero-order valence-electron chi connectivity index (χ0n) is 10.3. The average Bonchev–Trinajstić information content (AvgIpc) is 2.85. The van der Waals surface area contributed by atoms with Crippen molar-refractivity contribution < 1.29 is 9.90 Å². The fourth-order valence-electron chi connectivity index (χ4n) is 2.68. The van der Waals surface area contributed by atoms with Crippen LogP contribution in [-0.2, 0) is 12.8 Å². The van der Waals surface area contributed by atoms with E-state index in [0.29, 0.717) is 5.02 Å². The maximum absolute atomic E-state index is 11.3. The van der Waals surface area contributed by atoms with Crippen molar-refractivity contribution in [2.45, 2.75) is 19.3 Å². The Kier molecular flexibility index (Phi) is 3.03. The third-order valence-corrected chi connectivity index (χ3v) is 3.86. The summed E-state index contributed by atoms with van der Waals surface area (Å²) >= 11 is 5.88. The molecule has 2 aromatic rings. The first-order chi connectivity index (χ1) is 9.15. The molecule has 0 saturated carbocycles. The Balaban J connectivity index is 2.14. The highest BCUT2D eigenvalue weighted by Crippen LogP contribution is 2.31. The summed E-state index contributed by atoms with van der Waals surface area (Å²) in [6.07, 6.45) is 3.40. The average molecular weight is 273 g/mol. The Morgan fingerprint density at radius 2 is 1.84 bits per heavy atom. The summed E-state index contributed by atoms with van der Waals surface area (Å²) in [5.41, 5.74) is 4.66. The van der Waals surface area contributed by atoms with Crippen molar-refractivity contribution >= 4 is 17.6 Å². The van der Waals surface area contributed by atoms with Crippen molar-refractivity contribution in [3.05, 3.63) is 58.1 Å². The van der Waals surface area contributed by atoms with Crippen molar-refractivity contribution in [1.29, 1.82) is 0 Å². The summed E-state index contributed by atoms with van der Waals surface area (Å²) in [6, 6.07) is 11.2. The number of rotatable bonds is 2. The van der Waals surface area contributed by atoms with Gasteiger partial charge in [0.2, 0.25) is 0 Å². The number of aromatic carboxylic acids is 1. The number of carbonyl (C=O) groups is 1. The van der Waals surface area contributed by atoms with Crippen molar-refractivity contribution in [2.24, 2.45) is 0 Å². The molecule has 0 bridgehead atoms. The zero-order valence-corrected chi connectivity index (χ0v) is 11.1. The molecular weight excluding hydrogens is 260 g/mol. The van der Waals surface area contributed by atoms with E-state index in [0.717, 1.165) is 24.0 Å². The first kappa shape index (κ1) is 12.2. The van der Waals surface area contributed by atoms with Gasteiger partial charge in [-0.25, -0.2) is 4.79 Å². The Labute approximate surface area is 116 Å². The molecule has 1 aliphatic rings. The van der Waals surface area contributed by atoms with Gasteiger partial charge in [0.15, 0.2) is 0 Å². The normalized spacial score (nSPS) is 13.3. The summed E-state index contributed by atoms with van der Waals surface area (Å²) in [6.45, 7) is 0. The van der Waals surface area contributed by atoms with Crippen LogP contribution in [-0.4, -0.2) is 11.1 Å². The van der Waals surface area contributed by atoms with Crippen LogP contribution in [0.4, 0.5) is 0 Å². The molecule has 0 unspecified atom stereocenters. The Hall–Kier alpha value is -1.80. The smallest absolute Gasteiger partial charge is 0.336 e. The van der Waals surface area contributed by atoms with Crippen molar-refractivity contribution in [1.82, 2.24) is 0 Å². The maximum Gasteiger partial charge on any atom is 0.336 e. The minimum atomic E-state index is -0.946. The highest BCUT2D eigenvalue weighted by atomic mass is 35.5. The molecule has 0 saturated heterocycles. The molecular formula is C16H13ClO2. The van der Waals surface area contributed by atoms with E-state index in [9.17, 15) is 9.90 Å². The molecule has 2 nitrogen and oxygen atoms in total. The molecule has 0 heterocycles. The van der Waals surface area contributed by atoms with Gasteiger partial charge in [-0.15, -0.1) is 0 Å². The van der Waals surface area contributed by atoms with Crippen LogP contribution in [0.15, 0.2) is 36.4 Å². The second-order valence-corrected chi connectivity index (χ2v) is 5.27. The number of carboxylic acid groups (broad SMARTS) is 1. The summed E-state index contributed by atoms with van der Waals surface area (Å²) in [4.78, 5) is 11.3. The van der Waals surface area contributed by atoms with E-state index < -0.39 is 5.97 Å². The summed E-state index contributed by atoms with van der Waals surface area (Å²) < 4.78 is 0. The number of halogens is 1. The minimum absolute atomic E-state index is 0.255. The first-order valence-corrected chi connectivity index (χ1v) is 6.68. The fraction of sp³-hybridized carbons (Fsp3) is 0.188. The monoisotopic (exact) mass is 272 g/mol. The second-order valence-electron chi connectivity index (χ2n) is 4.83. The van der Waals surface area contributed by atoms with Gasteiger partial charge in [0.1, 0.15) is 0 Å². The molecule has 0 amide bonds. The van der Waals surface area contributed by atoms with Crippen LogP contribution in [0.2, 0.25) is 5.02 Å². The Morgan fingerprint density at radius 1 is 1.05 bits per heavy atom. The van der Waals surface area contributed by atoms with Gasteiger partial charge in [-0.2, -0.15) is 0 Å². The number of carboxylic acids is 1. The third kappa shape index (κ3) is 2.24. The van der Waals surface area contributed by atoms with Crippen LogP contribution < -0.4 is 0 Å². The van der Waals surface area contributed by atoms with E-state index in [2.05, 4.69) is 12.1 Å². The molecule has 1 N–H and O–H groups in total. The van der Waals surface area contributed by atoms with E-state index in [-0.39, 0.29) is 5.56 Å². The number of benzene rings is 2. The van der Waals surface area contributed by atoms with Crippen LogP contribution in [0, 0.1) is 0 Å². The largest absolute Gasteiger partial charge is 0.478 e. The summed E-state index contributed by atoms with van der Waals surface area (Å²) in [5, 5.41) is 9.73. The van der Waals surface area contributed by atoms with Gasteiger partial charge in [0, 0.05) is 5.02 Å². The van der Waals surface area contributed by atoms with Gasteiger partial charge in [-0.3, -0.25) is 0 Å². The zero-order chi connectivity index (χ0) is 13.4. The van der Waals surface area contributed by atoms with Crippen LogP contribution in [0.1, 0.15) is 27.9 Å². The highest BCUT2D eigenvalue weighted by molar-refractivity contribution is 6.31. The standard InChI is InChI=1S/C16H13ClO2/c17-13-6-7-14(15(9-13)16(18)19)12-5-4-10-2-1-3-11(10)8-12/h4-9H,1-3H2,(H,18,19). The second kappa shape index (κ2) is 4.71. The highest BCUT2D eigenvalue weighted by Gasteiger charge is 2.15. The Bertz CT molecular complexity index is 662. The number of fused-ring (bicyclic) bond motifs is 1. The van der Waals surface area contributed by atoms with E-state index >= 15 is 0 Å². The van der Waals surface area contributed by atoms with Crippen molar-refractivity contribution in [3.63, 3.8) is 0 Å². The van der Waals surface area contributed by atoms with Crippen molar-refractivity contribution in [2.75, 3.05) is 0 Å². The van der Waals surface area contributed by atoms with Crippen LogP contribution >= 0.6 is 11.6 Å². The topological polar surface area (TPSA) is 37.3 Å². The van der Waals surface area contributed by atoms with Gasteiger partial charge < -0.3 is 5.11 Å². The molecule has 3 rings (SSSR count). The number of hydrogen-bond donors (Lipinski definition) is 1. The predicted octanol–water partition coefficient (Wildman–Crippen LogP) is 4.19. The minimum Gasteiger partial charge on any atom is -0.478 e. The molecule has 0 aromatic heterocycles. The van der Waals surface area contributed by atoms with E-state index in [1.807, 2.05) is 6.07 Å². The molecule has 2 aromatic carbocycles. The Morgan fingerprint density at radius 3 is 2.63 bits per heavy atom. The van der Waals surface area contributed by atoms with Crippen molar-refractivity contribution in [3.8, 4) is 11.1 Å². The fourth-order valence-corrected chi connectivity index (χ4v) is 2.86. The number of aryl methyl sites for hydroxylation is 2. The maximum atomic E-state index is 11.3. The lowest BCUT2D eigenvalue weighted by Crippen LogP contribution is -1.99. The summed E-state index contributed by atoms with van der Waals surface area (Å²) in [5.74, 6) is -0.946. The molecule has 0 aliphatic heterocycles. The molecule has 96 valence electrons. The van der Waals surface area contributed by atoms with Crippen LogP contribution in [0.3, 0.4) is 0 Å². The van der Waals surface area contributed by atoms with E-state index in [1.165, 1.54) is 23.6 Å². The van der Waals surface area contributed by atoms with Gasteiger partial charge in [0.25, 0.3) is 0 Å². The molecule has 0 spiro atoms. The lowest BCUT2D eigenvalue weighted by Gasteiger charge is -2.09. The quantitative estimate of drug-likeness (QED) is 0.890. The van der Waals surface area contributed by atoms with E-state index in [4.69, 9.17) is 11.6 Å². The molecule has 3 heteroatoms. The van der Waals surface area contributed by atoms with Crippen LogP contribution in [0.5, 0.6) is 0 Å². The molecule has 1 aliphatic carbocycles. The molecule has 0 radical (unpaired) electrons. The number of hydrogen-bond acceptors (Lipinski definition) is 1. The van der Waals surface area contributed by atoms with Gasteiger partial charge in [-0.05, 0) is 53.6 Å². The van der Waals surface area contributed by atoms with Crippen LogP contribution in [0.25, 0.3) is 11.1 Å². The first-order valence-electron chi connectivity index (χ1n) is 6.30. The summed E-state index contributed by atoms with van der Waals surface area (Å²) in [7, 11) is 0. The van der Waals surface area contributed by atoms with Gasteiger partial charge in [0.05, 0.1) is 5.56 Å². The predicted molar refractivity (Wildman–Crippen MR) is 75.9 cm³/mol. The molecule has 19 heavy (non-hydrogen) atoms. The lowest BCUT2D eigenvalue weighted by atomic mass is 9.96. The lowest BCUT2D eigenvalue weighted by molar-refractivity contribution is 0.0697. The molecule has 0 atom stereocenters. The van der Waals surface area contributed by atoms with Gasteiger partial charge >= 0.3 is 5.97 Å². The third-order valence-electron chi connectivity index (χ3n) is 3.62. The SMILES string of the molecule is O=C(O)c1cc(Cl)ccc1-c1ccc2c(c1)CCC2. The van der Waals surface area contributed by atoms with Gasteiger partial charge in [-0.1, -0.05) is 35.9 Å². The van der Waals surface area contributed by atoms with E-state index in [1.54, 1.807) is 12.1 Å².